The van der Waals surface area contributed by atoms with Crippen LogP contribution in [0.25, 0.3) is 0 Å². The minimum Gasteiger partial charge on any atom is -0.486 e. The number of likely N-dealkylation sites (tertiary alicyclic amines) is 1. The first-order chi connectivity index (χ1) is 13.7. The van der Waals surface area contributed by atoms with E-state index in [1.807, 2.05) is 18.2 Å². The molecule has 162 valence electrons. The second-order valence-electron chi connectivity index (χ2n) is 8.15. The number of fused-ring (bicyclic) bond motifs is 1. The lowest BCUT2D eigenvalue weighted by molar-refractivity contribution is -0.143. The third-order valence-electron chi connectivity index (χ3n) is 5.26. The molecule has 1 aromatic rings. The van der Waals surface area contributed by atoms with Crippen molar-refractivity contribution in [3.8, 4) is 11.5 Å². The molecule has 1 atom stereocenters. The summed E-state index contributed by atoms with van der Waals surface area (Å²) in [5.41, 5.74) is 0.882. The standard InChI is InChI=1S/C20H29F3N4O2/c1-19(2,14-4-5-16-17(10-14)29-9-8-28-16)12-25-18(24-3)26-15-6-7-27(11-15)13-20(21,22)23/h4-5,10,15H,6-9,11-13H2,1-3H3,(H2,24,25,26). The van der Waals surface area contributed by atoms with Crippen LogP contribution in [-0.2, 0) is 5.41 Å². The molecule has 2 N–H and O–H groups in total. The molecule has 0 amide bonds. The van der Waals surface area contributed by atoms with E-state index in [-0.39, 0.29) is 11.5 Å². The van der Waals surface area contributed by atoms with E-state index in [9.17, 15) is 13.2 Å². The summed E-state index contributed by atoms with van der Waals surface area (Å²) in [5, 5.41) is 6.54. The van der Waals surface area contributed by atoms with E-state index >= 15 is 0 Å². The van der Waals surface area contributed by atoms with Crippen molar-refractivity contribution >= 4 is 5.96 Å². The van der Waals surface area contributed by atoms with Crippen molar-refractivity contribution in [3.05, 3.63) is 23.8 Å². The zero-order chi connectivity index (χ0) is 21.1. The molecular weight excluding hydrogens is 385 g/mol. The number of nitrogens with zero attached hydrogens (tertiary/aromatic N) is 2. The Morgan fingerprint density at radius 2 is 1.93 bits per heavy atom. The number of guanidine groups is 1. The van der Waals surface area contributed by atoms with Crippen LogP contribution in [0, 0.1) is 0 Å². The van der Waals surface area contributed by atoms with Gasteiger partial charge in [0.2, 0.25) is 0 Å². The van der Waals surface area contributed by atoms with Crippen LogP contribution in [-0.4, -0.2) is 69.5 Å². The summed E-state index contributed by atoms with van der Waals surface area (Å²) in [6.07, 6.45) is -3.51. The summed E-state index contributed by atoms with van der Waals surface area (Å²) < 4.78 is 48.9. The fourth-order valence-corrected chi connectivity index (χ4v) is 3.61. The summed E-state index contributed by atoms with van der Waals surface area (Å²) in [5.74, 6) is 2.10. The summed E-state index contributed by atoms with van der Waals surface area (Å²) in [6.45, 7) is 5.83. The van der Waals surface area contributed by atoms with Gasteiger partial charge in [0.15, 0.2) is 17.5 Å². The first-order valence-corrected chi connectivity index (χ1v) is 9.83. The van der Waals surface area contributed by atoms with Crippen molar-refractivity contribution in [2.45, 2.75) is 37.9 Å². The Labute approximate surface area is 169 Å². The molecule has 1 saturated heterocycles. The fraction of sp³-hybridized carbons (Fsp3) is 0.650. The highest BCUT2D eigenvalue weighted by molar-refractivity contribution is 5.80. The van der Waals surface area contributed by atoms with E-state index in [4.69, 9.17) is 9.47 Å². The van der Waals surface area contributed by atoms with Crippen LogP contribution in [0.2, 0.25) is 0 Å². The highest BCUT2D eigenvalue weighted by atomic mass is 19.4. The minimum atomic E-state index is -4.16. The normalized spacial score (nSPS) is 20.6. The van der Waals surface area contributed by atoms with Crippen LogP contribution in [0.5, 0.6) is 11.5 Å². The van der Waals surface area contributed by atoms with Crippen LogP contribution in [0.4, 0.5) is 13.2 Å². The molecule has 2 aliphatic heterocycles. The Balaban J connectivity index is 1.53. The highest BCUT2D eigenvalue weighted by Crippen LogP contribution is 2.34. The molecule has 0 bridgehead atoms. The first kappa shape index (κ1) is 21.5. The maximum Gasteiger partial charge on any atom is 0.401 e. The molecule has 0 spiro atoms. The van der Waals surface area contributed by atoms with Gasteiger partial charge in [0.1, 0.15) is 13.2 Å². The smallest absolute Gasteiger partial charge is 0.401 e. The summed E-state index contributed by atoms with van der Waals surface area (Å²) in [4.78, 5) is 5.65. The average molecular weight is 414 g/mol. The van der Waals surface area contributed by atoms with E-state index in [0.29, 0.717) is 45.2 Å². The van der Waals surface area contributed by atoms with E-state index in [0.717, 1.165) is 17.1 Å². The summed E-state index contributed by atoms with van der Waals surface area (Å²) >= 11 is 0. The Kier molecular flexibility index (Phi) is 6.45. The fourth-order valence-electron chi connectivity index (χ4n) is 3.61. The van der Waals surface area contributed by atoms with Crippen molar-refractivity contribution in [2.24, 2.45) is 4.99 Å². The Hall–Kier alpha value is -2.16. The average Bonchev–Trinajstić information content (AvgIpc) is 3.09. The molecule has 2 aliphatic rings. The molecule has 2 heterocycles. The van der Waals surface area contributed by atoms with Gasteiger partial charge in [-0.3, -0.25) is 9.89 Å². The van der Waals surface area contributed by atoms with E-state index in [1.165, 1.54) is 4.90 Å². The molecule has 3 rings (SSSR count). The maximum atomic E-state index is 12.6. The summed E-state index contributed by atoms with van der Waals surface area (Å²) in [7, 11) is 1.66. The minimum absolute atomic E-state index is 0.0547. The molecule has 0 aromatic heterocycles. The van der Waals surface area contributed by atoms with Gasteiger partial charge in [-0.2, -0.15) is 13.2 Å². The molecule has 1 unspecified atom stereocenters. The first-order valence-electron chi connectivity index (χ1n) is 9.83. The molecule has 6 nitrogen and oxygen atoms in total. The van der Waals surface area contributed by atoms with Gasteiger partial charge in [-0.05, 0) is 24.1 Å². The van der Waals surface area contributed by atoms with Gasteiger partial charge in [-0.25, -0.2) is 0 Å². The number of alkyl halides is 3. The van der Waals surface area contributed by atoms with Crippen molar-refractivity contribution < 1.29 is 22.6 Å². The maximum absolute atomic E-state index is 12.6. The Bertz CT molecular complexity index is 737. The lowest BCUT2D eigenvalue weighted by Crippen LogP contribution is -2.48. The lowest BCUT2D eigenvalue weighted by atomic mass is 9.84. The largest absolute Gasteiger partial charge is 0.486 e. The van der Waals surface area contributed by atoms with Gasteiger partial charge >= 0.3 is 6.18 Å². The second-order valence-corrected chi connectivity index (χ2v) is 8.15. The number of benzene rings is 1. The number of hydrogen-bond acceptors (Lipinski definition) is 4. The van der Waals surface area contributed by atoms with Gasteiger partial charge in [-0.1, -0.05) is 19.9 Å². The summed E-state index contributed by atoms with van der Waals surface area (Å²) in [6, 6.07) is 5.89. The van der Waals surface area contributed by atoms with Gasteiger partial charge in [-0.15, -0.1) is 0 Å². The Morgan fingerprint density at radius 3 is 2.62 bits per heavy atom. The predicted molar refractivity (Wildman–Crippen MR) is 106 cm³/mol. The monoisotopic (exact) mass is 414 g/mol. The molecule has 0 radical (unpaired) electrons. The van der Waals surface area contributed by atoms with E-state index in [2.05, 4.69) is 29.5 Å². The number of aliphatic imine (C=N–C) groups is 1. The van der Waals surface area contributed by atoms with Crippen LogP contribution in [0.15, 0.2) is 23.2 Å². The zero-order valence-corrected chi connectivity index (χ0v) is 17.1. The number of nitrogens with one attached hydrogen (secondary N) is 2. The number of ether oxygens (including phenoxy) is 2. The van der Waals surface area contributed by atoms with Crippen molar-refractivity contribution in [1.82, 2.24) is 15.5 Å². The lowest BCUT2D eigenvalue weighted by Gasteiger charge is -2.29. The topological polar surface area (TPSA) is 58.1 Å². The van der Waals surface area contributed by atoms with Crippen molar-refractivity contribution in [2.75, 3.05) is 46.4 Å². The van der Waals surface area contributed by atoms with Crippen LogP contribution in [0.1, 0.15) is 25.8 Å². The van der Waals surface area contributed by atoms with E-state index in [1.54, 1.807) is 7.05 Å². The molecule has 0 aliphatic carbocycles. The van der Waals surface area contributed by atoms with Gasteiger partial charge in [0.05, 0.1) is 6.54 Å². The van der Waals surface area contributed by atoms with Crippen molar-refractivity contribution in [3.63, 3.8) is 0 Å². The van der Waals surface area contributed by atoms with Gasteiger partial charge < -0.3 is 20.1 Å². The van der Waals surface area contributed by atoms with Gasteiger partial charge in [0.25, 0.3) is 0 Å². The molecule has 9 heteroatoms. The van der Waals surface area contributed by atoms with E-state index < -0.39 is 12.7 Å². The molecular formula is C20H29F3N4O2. The number of rotatable bonds is 5. The highest BCUT2D eigenvalue weighted by Gasteiger charge is 2.34. The third-order valence-corrected chi connectivity index (χ3v) is 5.26. The molecule has 0 saturated carbocycles. The van der Waals surface area contributed by atoms with Crippen LogP contribution >= 0.6 is 0 Å². The zero-order valence-electron chi connectivity index (χ0n) is 17.1. The number of hydrogen-bond donors (Lipinski definition) is 2. The SMILES string of the molecule is CN=C(NCC(C)(C)c1ccc2c(c1)OCCO2)NC1CCN(CC(F)(F)F)C1. The predicted octanol–water partition coefficient (Wildman–Crippen LogP) is 2.54. The third kappa shape index (κ3) is 5.91. The second kappa shape index (κ2) is 8.69. The molecule has 29 heavy (non-hydrogen) atoms. The molecule has 1 fully saturated rings. The van der Waals surface area contributed by atoms with Crippen LogP contribution in [0.3, 0.4) is 0 Å². The van der Waals surface area contributed by atoms with Crippen molar-refractivity contribution in [1.29, 1.82) is 0 Å². The quantitative estimate of drug-likeness (QED) is 0.573. The number of halogens is 3. The van der Waals surface area contributed by atoms with Crippen LogP contribution < -0.4 is 20.1 Å². The van der Waals surface area contributed by atoms with Gasteiger partial charge in [0, 0.05) is 38.1 Å². The molecule has 1 aromatic carbocycles. The Morgan fingerprint density at radius 1 is 1.21 bits per heavy atom.